The third-order valence-corrected chi connectivity index (χ3v) is 5.43. The maximum absolute atomic E-state index is 12.9. The Bertz CT molecular complexity index is 1110. The number of oxazole rings is 1. The lowest BCUT2D eigenvalue weighted by Crippen LogP contribution is -2.49. The molecule has 0 aliphatic carbocycles. The number of hydrogen-bond donors (Lipinski definition) is 1. The standard InChI is InChI=1S/C22H22N4O5/c1-14(23-20(27)15-6-4-8-17(12-15)26(29)30)22(28)25-11-5-7-16(13-25)21-24-18-9-2-3-10-19(18)31-21/h2-4,6,8-10,12,14,16H,5,7,11,13H2,1H3,(H,23,27). The number of rotatable bonds is 5. The zero-order valence-electron chi connectivity index (χ0n) is 17.0. The molecule has 1 saturated heterocycles. The number of nitrogens with one attached hydrogen (secondary N) is 1. The number of nitro benzene ring substituents is 1. The van der Waals surface area contributed by atoms with Crippen LogP contribution in [0, 0.1) is 10.1 Å². The predicted octanol–water partition coefficient (Wildman–Crippen LogP) is 3.26. The minimum Gasteiger partial charge on any atom is -0.440 e. The molecule has 2 heterocycles. The maximum atomic E-state index is 12.9. The number of non-ortho nitro benzene ring substituents is 1. The van der Waals surface area contributed by atoms with Gasteiger partial charge in [0.25, 0.3) is 11.6 Å². The number of carbonyl (C=O) groups is 2. The van der Waals surface area contributed by atoms with Gasteiger partial charge in [0.05, 0.1) is 10.8 Å². The molecule has 0 spiro atoms. The fourth-order valence-electron chi connectivity index (χ4n) is 3.82. The van der Waals surface area contributed by atoms with Gasteiger partial charge < -0.3 is 14.6 Å². The molecule has 2 atom stereocenters. The van der Waals surface area contributed by atoms with Gasteiger partial charge in [-0.3, -0.25) is 19.7 Å². The number of likely N-dealkylation sites (tertiary alicyclic amines) is 1. The first-order valence-electron chi connectivity index (χ1n) is 10.1. The maximum Gasteiger partial charge on any atom is 0.270 e. The Hall–Kier alpha value is -3.75. The summed E-state index contributed by atoms with van der Waals surface area (Å²) in [6, 6.07) is 12.2. The topological polar surface area (TPSA) is 119 Å². The van der Waals surface area contributed by atoms with E-state index in [0.717, 1.165) is 23.9 Å². The molecule has 2 unspecified atom stereocenters. The number of carbonyl (C=O) groups excluding carboxylic acids is 2. The number of nitro groups is 1. The van der Waals surface area contributed by atoms with Crippen LogP contribution in [0.1, 0.15) is 41.9 Å². The molecule has 2 amide bonds. The zero-order chi connectivity index (χ0) is 22.0. The summed E-state index contributed by atoms with van der Waals surface area (Å²) >= 11 is 0. The van der Waals surface area contributed by atoms with E-state index in [4.69, 9.17) is 4.42 Å². The summed E-state index contributed by atoms with van der Waals surface area (Å²) in [7, 11) is 0. The van der Waals surface area contributed by atoms with E-state index in [1.54, 1.807) is 11.8 Å². The first-order chi connectivity index (χ1) is 14.9. The Kier molecular flexibility index (Phi) is 5.66. The monoisotopic (exact) mass is 422 g/mol. The van der Waals surface area contributed by atoms with Gasteiger partial charge in [0, 0.05) is 30.8 Å². The second-order valence-corrected chi connectivity index (χ2v) is 7.65. The molecule has 1 N–H and O–H groups in total. The molecule has 1 fully saturated rings. The first-order valence-corrected chi connectivity index (χ1v) is 10.1. The average molecular weight is 422 g/mol. The molecule has 31 heavy (non-hydrogen) atoms. The van der Waals surface area contributed by atoms with E-state index in [2.05, 4.69) is 10.3 Å². The predicted molar refractivity (Wildman–Crippen MR) is 113 cm³/mol. The number of nitrogens with zero attached hydrogens (tertiary/aromatic N) is 3. The van der Waals surface area contributed by atoms with Crippen molar-refractivity contribution in [3.8, 4) is 0 Å². The van der Waals surface area contributed by atoms with E-state index in [-0.39, 0.29) is 23.1 Å². The van der Waals surface area contributed by atoms with Gasteiger partial charge >= 0.3 is 0 Å². The van der Waals surface area contributed by atoms with Crippen molar-refractivity contribution in [1.29, 1.82) is 0 Å². The van der Waals surface area contributed by atoms with Crippen molar-refractivity contribution in [2.75, 3.05) is 13.1 Å². The summed E-state index contributed by atoms with van der Waals surface area (Å²) in [6.45, 7) is 2.66. The summed E-state index contributed by atoms with van der Waals surface area (Å²) in [6.07, 6.45) is 1.67. The van der Waals surface area contributed by atoms with Gasteiger partial charge in [0.2, 0.25) is 5.91 Å². The third-order valence-electron chi connectivity index (χ3n) is 5.43. The highest BCUT2D eigenvalue weighted by Gasteiger charge is 2.31. The number of hydrogen-bond acceptors (Lipinski definition) is 6. The minimum absolute atomic E-state index is 0.00947. The van der Waals surface area contributed by atoms with Crippen LogP contribution >= 0.6 is 0 Å². The molecule has 1 aliphatic heterocycles. The van der Waals surface area contributed by atoms with Gasteiger partial charge in [-0.25, -0.2) is 4.98 Å². The highest BCUT2D eigenvalue weighted by molar-refractivity contribution is 5.97. The van der Waals surface area contributed by atoms with E-state index in [1.165, 1.54) is 24.3 Å². The van der Waals surface area contributed by atoms with Gasteiger partial charge in [0.15, 0.2) is 11.5 Å². The molecule has 160 valence electrons. The van der Waals surface area contributed by atoms with Crippen molar-refractivity contribution in [3.05, 3.63) is 70.1 Å². The molecule has 9 nitrogen and oxygen atoms in total. The summed E-state index contributed by atoms with van der Waals surface area (Å²) in [5.74, 6) is -0.131. The van der Waals surface area contributed by atoms with E-state index < -0.39 is 16.9 Å². The SMILES string of the molecule is CC(NC(=O)c1cccc([N+](=O)[O-])c1)C(=O)N1CCCC(c2nc3ccccc3o2)C1. The molecule has 0 radical (unpaired) electrons. The van der Waals surface area contributed by atoms with Crippen LogP contribution in [0.3, 0.4) is 0 Å². The average Bonchev–Trinajstić information content (AvgIpc) is 3.23. The van der Waals surface area contributed by atoms with E-state index >= 15 is 0 Å². The van der Waals surface area contributed by atoms with Gasteiger partial charge in [-0.05, 0) is 38.0 Å². The molecule has 0 bridgehead atoms. The van der Waals surface area contributed by atoms with Crippen molar-refractivity contribution in [1.82, 2.24) is 15.2 Å². The first kappa shape index (κ1) is 20.5. The fraction of sp³-hybridized carbons (Fsp3) is 0.318. The van der Waals surface area contributed by atoms with Gasteiger partial charge in [-0.2, -0.15) is 0 Å². The molecular formula is C22H22N4O5. The summed E-state index contributed by atoms with van der Waals surface area (Å²) in [5.41, 5.74) is 1.47. The van der Waals surface area contributed by atoms with Crippen molar-refractivity contribution in [2.45, 2.75) is 31.7 Å². The van der Waals surface area contributed by atoms with E-state index in [0.29, 0.717) is 19.0 Å². The van der Waals surface area contributed by atoms with E-state index in [9.17, 15) is 19.7 Å². The highest BCUT2D eigenvalue weighted by atomic mass is 16.6. The van der Waals surface area contributed by atoms with Crippen LogP contribution in [0.4, 0.5) is 5.69 Å². The van der Waals surface area contributed by atoms with Gasteiger partial charge in [-0.1, -0.05) is 18.2 Å². The molecule has 2 aromatic carbocycles. The second kappa shape index (κ2) is 8.55. The normalized spacial score (nSPS) is 17.3. The minimum atomic E-state index is -0.769. The molecule has 1 aliphatic rings. The second-order valence-electron chi connectivity index (χ2n) is 7.65. The Morgan fingerprint density at radius 3 is 2.84 bits per heavy atom. The smallest absolute Gasteiger partial charge is 0.270 e. The van der Waals surface area contributed by atoms with Gasteiger partial charge in [-0.15, -0.1) is 0 Å². The van der Waals surface area contributed by atoms with Crippen LogP contribution in [0.2, 0.25) is 0 Å². The van der Waals surface area contributed by atoms with Crippen LogP contribution in [0.15, 0.2) is 52.9 Å². The largest absolute Gasteiger partial charge is 0.440 e. The Morgan fingerprint density at radius 1 is 1.26 bits per heavy atom. The van der Waals surface area contributed by atoms with Crippen LogP contribution < -0.4 is 5.32 Å². The van der Waals surface area contributed by atoms with Gasteiger partial charge in [0.1, 0.15) is 11.6 Å². The molecule has 0 saturated carbocycles. The zero-order valence-corrected chi connectivity index (χ0v) is 17.0. The highest BCUT2D eigenvalue weighted by Crippen LogP contribution is 2.29. The number of piperidine rings is 1. The van der Waals surface area contributed by atoms with Crippen molar-refractivity contribution < 1.29 is 18.9 Å². The number of aromatic nitrogens is 1. The Balaban J connectivity index is 1.41. The lowest BCUT2D eigenvalue weighted by atomic mass is 9.97. The van der Waals surface area contributed by atoms with Crippen LogP contribution in [-0.4, -0.2) is 45.8 Å². The molecule has 9 heteroatoms. The van der Waals surface area contributed by atoms with Crippen molar-refractivity contribution >= 4 is 28.6 Å². The summed E-state index contributed by atoms with van der Waals surface area (Å²) in [4.78, 5) is 42.0. The number of fused-ring (bicyclic) bond motifs is 1. The molecule has 1 aromatic heterocycles. The van der Waals surface area contributed by atoms with Crippen molar-refractivity contribution in [2.24, 2.45) is 0 Å². The van der Waals surface area contributed by atoms with Crippen LogP contribution in [0.25, 0.3) is 11.1 Å². The third kappa shape index (κ3) is 4.40. The Labute approximate surface area is 178 Å². The van der Waals surface area contributed by atoms with Crippen LogP contribution in [-0.2, 0) is 4.79 Å². The van der Waals surface area contributed by atoms with Crippen molar-refractivity contribution in [3.63, 3.8) is 0 Å². The Morgan fingerprint density at radius 2 is 2.06 bits per heavy atom. The molecule has 4 rings (SSSR count). The molecular weight excluding hydrogens is 400 g/mol. The lowest BCUT2D eigenvalue weighted by Gasteiger charge is -2.33. The van der Waals surface area contributed by atoms with Crippen LogP contribution in [0.5, 0.6) is 0 Å². The number of amides is 2. The quantitative estimate of drug-likeness (QED) is 0.498. The van der Waals surface area contributed by atoms with E-state index in [1.807, 2.05) is 24.3 Å². The fourth-order valence-corrected chi connectivity index (χ4v) is 3.82. The molecule has 3 aromatic rings. The number of para-hydroxylation sites is 2. The summed E-state index contributed by atoms with van der Waals surface area (Å²) < 4.78 is 5.88. The number of benzene rings is 2. The summed E-state index contributed by atoms with van der Waals surface area (Å²) in [5, 5.41) is 13.6. The lowest BCUT2D eigenvalue weighted by molar-refractivity contribution is -0.384.